The van der Waals surface area contributed by atoms with Crippen LogP contribution in [0.1, 0.15) is 34.1 Å². The van der Waals surface area contributed by atoms with Gasteiger partial charge in [-0.1, -0.05) is 19.1 Å². The second-order valence-corrected chi connectivity index (χ2v) is 5.98. The highest BCUT2D eigenvalue weighted by atomic mass is 19.4. The molecule has 0 spiro atoms. The summed E-state index contributed by atoms with van der Waals surface area (Å²) in [7, 11) is 0. The Balaban J connectivity index is 1.67. The minimum absolute atomic E-state index is 0.208. The van der Waals surface area contributed by atoms with Crippen molar-refractivity contribution >= 4 is 11.7 Å². The van der Waals surface area contributed by atoms with E-state index in [0.717, 1.165) is 24.2 Å². The zero-order valence-electron chi connectivity index (χ0n) is 14.5. The first-order valence-electron chi connectivity index (χ1n) is 8.29. The molecule has 1 amide bonds. The van der Waals surface area contributed by atoms with E-state index in [-0.39, 0.29) is 12.5 Å². The number of nitrogens with zero attached hydrogens (tertiary/aromatic N) is 3. The fourth-order valence-electron chi connectivity index (χ4n) is 2.52. The first-order chi connectivity index (χ1) is 12.8. The molecule has 2 aromatic heterocycles. The Morgan fingerprint density at radius 2 is 2.00 bits per heavy atom. The van der Waals surface area contributed by atoms with Gasteiger partial charge in [0.1, 0.15) is 0 Å². The lowest BCUT2D eigenvalue weighted by Gasteiger charge is -2.09. The molecular weight excluding hydrogens is 357 g/mol. The summed E-state index contributed by atoms with van der Waals surface area (Å²) >= 11 is 0. The molecule has 0 fully saturated rings. The first kappa shape index (κ1) is 18.6. The van der Waals surface area contributed by atoms with Gasteiger partial charge in [-0.25, -0.2) is 4.98 Å². The summed E-state index contributed by atoms with van der Waals surface area (Å²) in [5.41, 5.74) is 1.08. The van der Waals surface area contributed by atoms with Crippen molar-refractivity contribution in [1.82, 2.24) is 14.5 Å². The number of anilines is 1. The highest BCUT2D eigenvalue weighted by Crippen LogP contribution is 2.29. The minimum Gasteiger partial charge on any atom is -0.331 e. The van der Waals surface area contributed by atoms with Gasteiger partial charge in [0.25, 0.3) is 5.91 Å². The predicted octanol–water partition coefficient (Wildman–Crippen LogP) is 4.16. The van der Waals surface area contributed by atoms with Crippen LogP contribution in [0.5, 0.6) is 0 Å². The molecule has 0 aliphatic carbocycles. The molecule has 0 aliphatic heterocycles. The maximum atomic E-state index is 12.8. The molecule has 5 nitrogen and oxygen atoms in total. The third-order valence-corrected chi connectivity index (χ3v) is 3.94. The Bertz CT molecular complexity index is 933. The summed E-state index contributed by atoms with van der Waals surface area (Å²) in [6.07, 6.45) is 0.904. The number of aromatic nitrogens is 3. The van der Waals surface area contributed by atoms with Crippen molar-refractivity contribution in [2.45, 2.75) is 26.1 Å². The van der Waals surface area contributed by atoms with Crippen molar-refractivity contribution in [1.29, 1.82) is 0 Å². The number of amides is 1. The summed E-state index contributed by atoms with van der Waals surface area (Å²) < 4.78 is 40.0. The first-order valence-corrected chi connectivity index (χ1v) is 8.29. The van der Waals surface area contributed by atoms with Gasteiger partial charge in [0.05, 0.1) is 17.5 Å². The average molecular weight is 374 g/mol. The van der Waals surface area contributed by atoms with Crippen molar-refractivity contribution in [3.05, 3.63) is 77.5 Å². The van der Waals surface area contributed by atoms with Crippen LogP contribution in [-0.4, -0.2) is 20.4 Å². The van der Waals surface area contributed by atoms with E-state index in [1.54, 1.807) is 29.0 Å². The Morgan fingerprint density at radius 1 is 1.19 bits per heavy atom. The Labute approximate surface area is 153 Å². The Morgan fingerprint density at radius 3 is 2.67 bits per heavy atom. The summed E-state index contributed by atoms with van der Waals surface area (Å²) in [6.45, 7) is 2.18. The number of pyridine rings is 1. The summed E-state index contributed by atoms with van der Waals surface area (Å²) in [5, 5.41) is 2.65. The van der Waals surface area contributed by atoms with E-state index in [2.05, 4.69) is 15.3 Å². The molecule has 2 heterocycles. The molecule has 0 unspecified atom stereocenters. The zero-order valence-corrected chi connectivity index (χ0v) is 14.5. The van der Waals surface area contributed by atoms with E-state index < -0.39 is 11.7 Å². The quantitative estimate of drug-likeness (QED) is 0.730. The number of hydrogen-bond donors (Lipinski definition) is 1. The largest absolute Gasteiger partial charge is 0.416 e. The normalized spacial score (nSPS) is 11.4. The molecule has 8 heteroatoms. The number of nitrogens with one attached hydrogen (secondary N) is 1. The van der Waals surface area contributed by atoms with Gasteiger partial charge < -0.3 is 9.88 Å². The number of alkyl halides is 3. The number of aryl methyl sites for hydroxylation is 1. The fraction of sp³-hybridized carbons (Fsp3) is 0.211. The number of rotatable bonds is 5. The molecule has 3 aromatic rings. The van der Waals surface area contributed by atoms with Gasteiger partial charge in [0.2, 0.25) is 0 Å². The van der Waals surface area contributed by atoms with Gasteiger partial charge in [-0.15, -0.1) is 0 Å². The lowest BCUT2D eigenvalue weighted by molar-refractivity contribution is -0.137. The summed E-state index contributed by atoms with van der Waals surface area (Å²) in [4.78, 5) is 20.5. The molecule has 0 radical (unpaired) electrons. The number of carbonyl (C=O) groups is 1. The van der Waals surface area contributed by atoms with Gasteiger partial charge in [0, 0.05) is 24.6 Å². The molecule has 0 saturated heterocycles. The van der Waals surface area contributed by atoms with Crippen LogP contribution in [0.15, 0.2) is 55.1 Å². The van der Waals surface area contributed by atoms with Crippen LogP contribution in [0.3, 0.4) is 0 Å². The number of hydrogen-bond acceptors (Lipinski definition) is 3. The smallest absolute Gasteiger partial charge is 0.331 e. The topological polar surface area (TPSA) is 59.8 Å². The van der Waals surface area contributed by atoms with Crippen LogP contribution in [0.25, 0.3) is 0 Å². The van der Waals surface area contributed by atoms with Crippen molar-refractivity contribution in [2.24, 2.45) is 0 Å². The molecule has 3 rings (SSSR count). The van der Waals surface area contributed by atoms with Crippen LogP contribution >= 0.6 is 0 Å². The SMILES string of the molecule is CCc1ccc(C(=O)Nc2cn(Cc3cccc(C(F)(F)F)c3)cn2)cn1. The minimum atomic E-state index is -4.38. The predicted molar refractivity (Wildman–Crippen MR) is 94.3 cm³/mol. The summed E-state index contributed by atoms with van der Waals surface area (Å²) in [6, 6.07) is 8.56. The van der Waals surface area contributed by atoms with Crippen molar-refractivity contribution in [2.75, 3.05) is 5.32 Å². The van der Waals surface area contributed by atoms with Crippen LogP contribution in [-0.2, 0) is 19.1 Å². The van der Waals surface area contributed by atoms with Gasteiger partial charge in [0.15, 0.2) is 5.82 Å². The number of carbonyl (C=O) groups excluding carboxylic acids is 1. The Hall–Kier alpha value is -3.16. The zero-order chi connectivity index (χ0) is 19.4. The number of imidazole rings is 1. The van der Waals surface area contributed by atoms with E-state index in [1.807, 2.05) is 6.92 Å². The van der Waals surface area contributed by atoms with Crippen molar-refractivity contribution in [3.8, 4) is 0 Å². The molecular formula is C19H17F3N4O. The van der Waals surface area contributed by atoms with E-state index >= 15 is 0 Å². The van der Waals surface area contributed by atoms with E-state index in [0.29, 0.717) is 16.9 Å². The monoisotopic (exact) mass is 374 g/mol. The standard InChI is InChI=1S/C19H17F3N4O/c1-2-16-7-6-14(9-23-16)18(27)25-17-11-26(12-24-17)10-13-4-3-5-15(8-13)19(20,21)22/h3-9,11-12H,2,10H2,1H3,(H,25,27). The second kappa shape index (κ2) is 7.61. The lowest BCUT2D eigenvalue weighted by atomic mass is 10.1. The van der Waals surface area contributed by atoms with Crippen LogP contribution in [0.2, 0.25) is 0 Å². The van der Waals surface area contributed by atoms with Crippen molar-refractivity contribution in [3.63, 3.8) is 0 Å². The molecule has 0 atom stereocenters. The third-order valence-electron chi connectivity index (χ3n) is 3.94. The van der Waals surface area contributed by atoms with Crippen LogP contribution < -0.4 is 5.32 Å². The van der Waals surface area contributed by atoms with Crippen LogP contribution in [0.4, 0.5) is 19.0 Å². The van der Waals surface area contributed by atoms with E-state index in [9.17, 15) is 18.0 Å². The highest BCUT2D eigenvalue weighted by Gasteiger charge is 2.30. The van der Waals surface area contributed by atoms with Gasteiger partial charge in [-0.2, -0.15) is 13.2 Å². The molecule has 1 aromatic carbocycles. The Kier molecular flexibility index (Phi) is 5.25. The molecule has 0 aliphatic rings. The molecule has 27 heavy (non-hydrogen) atoms. The summed E-state index contributed by atoms with van der Waals surface area (Å²) in [5.74, 6) is -0.0407. The van der Waals surface area contributed by atoms with E-state index in [4.69, 9.17) is 0 Å². The number of halogens is 3. The van der Waals surface area contributed by atoms with Gasteiger partial charge in [-0.3, -0.25) is 9.78 Å². The highest BCUT2D eigenvalue weighted by molar-refractivity contribution is 6.03. The van der Waals surface area contributed by atoms with E-state index in [1.165, 1.54) is 18.6 Å². The molecule has 0 bridgehead atoms. The second-order valence-electron chi connectivity index (χ2n) is 5.98. The molecule has 1 N–H and O–H groups in total. The lowest BCUT2D eigenvalue weighted by Crippen LogP contribution is -2.12. The maximum absolute atomic E-state index is 12.8. The van der Waals surface area contributed by atoms with Gasteiger partial charge in [-0.05, 0) is 36.2 Å². The average Bonchev–Trinajstić information content (AvgIpc) is 3.08. The number of benzene rings is 1. The maximum Gasteiger partial charge on any atom is 0.416 e. The molecule has 140 valence electrons. The van der Waals surface area contributed by atoms with Crippen molar-refractivity contribution < 1.29 is 18.0 Å². The molecule has 0 saturated carbocycles. The van der Waals surface area contributed by atoms with Gasteiger partial charge >= 0.3 is 6.18 Å². The third kappa shape index (κ3) is 4.72. The van der Waals surface area contributed by atoms with Crippen LogP contribution in [0, 0.1) is 0 Å². The fourth-order valence-corrected chi connectivity index (χ4v) is 2.52.